The summed E-state index contributed by atoms with van der Waals surface area (Å²) in [5.74, 6) is 0.797. The summed E-state index contributed by atoms with van der Waals surface area (Å²) in [6.45, 7) is 1.30. The van der Waals surface area contributed by atoms with Crippen LogP contribution in [0.1, 0.15) is 12.8 Å². The highest BCUT2D eigenvalue weighted by molar-refractivity contribution is 5.74. The van der Waals surface area contributed by atoms with E-state index in [2.05, 4.69) is 5.32 Å². The summed E-state index contributed by atoms with van der Waals surface area (Å²) in [6.07, 6.45) is 2.07. The molecule has 1 aliphatic rings. The summed E-state index contributed by atoms with van der Waals surface area (Å²) in [4.78, 5) is 13.6. The van der Waals surface area contributed by atoms with Crippen LogP contribution >= 0.6 is 0 Å². The van der Waals surface area contributed by atoms with Gasteiger partial charge in [-0.2, -0.15) is 0 Å². The topological polar surface area (TPSA) is 61.8 Å². The molecule has 104 valence electrons. The summed E-state index contributed by atoms with van der Waals surface area (Å²) in [7, 11) is 0. The second-order valence-electron chi connectivity index (χ2n) is 4.54. The summed E-state index contributed by atoms with van der Waals surface area (Å²) in [5, 5.41) is 11.7. The second-order valence-corrected chi connectivity index (χ2v) is 4.54. The molecule has 0 aliphatic heterocycles. The second kappa shape index (κ2) is 6.99. The molecule has 5 nitrogen and oxygen atoms in total. The summed E-state index contributed by atoms with van der Waals surface area (Å²) < 4.78 is 5.49. The van der Waals surface area contributed by atoms with E-state index in [4.69, 9.17) is 9.84 Å². The molecule has 1 aromatic rings. The Morgan fingerprint density at radius 3 is 2.74 bits per heavy atom. The first-order chi connectivity index (χ1) is 9.31. The first-order valence-electron chi connectivity index (χ1n) is 6.64. The number of nitrogens with zero attached hydrogens (tertiary/aromatic N) is 1. The predicted octanol–water partition coefficient (Wildman–Crippen LogP) is 1.23. The number of aliphatic hydroxyl groups excluding tert-OH is 1. The first kappa shape index (κ1) is 13.7. The van der Waals surface area contributed by atoms with Crippen molar-refractivity contribution in [3.8, 4) is 5.75 Å². The number of nitrogens with one attached hydrogen (secondary N) is 1. The van der Waals surface area contributed by atoms with Gasteiger partial charge in [-0.1, -0.05) is 18.2 Å². The smallest absolute Gasteiger partial charge is 0.317 e. The van der Waals surface area contributed by atoms with Crippen molar-refractivity contribution >= 4 is 6.03 Å². The number of carbonyl (C=O) groups is 1. The van der Waals surface area contributed by atoms with Gasteiger partial charge in [0.15, 0.2) is 0 Å². The molecule has 0 saturated heterocycles. The minimum absolute atomic E-state index is 0.00440. The van der Waals surface area contributed by atoms with E-state index in [1.807, 2.05) is 30.3 Å². The van der Waals surface area contributed by atoms with Gasteiger partial charge in [-0.3, -0.25) is 0 Å². The van der Waals surface area contributed by atoms with E-state index in [0.717, 1.165) is 18.6 Å². The van der Waals surface area contributed by atoms with Gasteiger partial charge in [-0.25, -0.2) is 4.79 Å². The molecule has 0 radical (unpaired) electrons. The molecule has 0 spiro atoms. The molecule has 0 atom stereocenters. The number of hydrogen-bond donors (Lipinski definition) is 2. The average molecular weight is 264 g/mol. The van der Waals surface area contributed by atoms with Gasteiger partial charge in [-0.15, -0.1) is 0 Å². The fraction of sp³-hybridized carbons (Fsp3) is 0.500. The Labute approximate surface area is 113 Å². The SMILES string of the molecule is O=C(NCCOc1ccccc1)N(CCO)C1CC1. The number of amides is 2. The lowest BCUT2D eigenvalue weighted by atomic mass is 10.3. The van der Waals surface area contributed by atoms with Crippen LogP contribution in [0.4, 0.5) is 4.79 Å². The van der Waals surface area contributed by atoms with Gasteiger partial charge in [0.1, 0.15) is 12.4 Å². The van der Waals surface area contributed by atoms with Gasteiger partial charge in [-0.05, 0) is 25.0 Å². The Kier molecular flexibility index (Phi) is 5.03. The lowest BCUT2D eigenvalue weighted by Crippen LogP contribution is -2.44. The number of hydrogen-bond acceptors (Lipinski definition) is 3. The van der Waals surface area contributed by atoms with Crippen LogP contribution < -0.4 is 10.1 Å². The van der Waals surface area contributed by atoms with Gasteiger partial charge in [0.05, 0.1) is 13.2 Å². The zero-order valence-electron chi connectivity index (χ0n) is 10.9. The zero-order chi connectivity index (χ0) is 13.5. The van der Waals surface area contributed by atoms with Gasteiger partial charge < -0.3 is 20.1 Å². The maximum Gasteiger partial charge on any atom is 0.317 e. The fourth-order valence-electron chi connectivity index (χ4n) is 1.89. The Morgan fingerprint density at radius 1 is 1.37 bits per heavy atom. The minimum Gasteiger partial charge on any atom is -0.492 e. The van der Waals surface area contributed by atoms with Gasteiger partial charge >= 0.3 is 6.03 Å². The fourth-order valence-corrected chi connectivity index (χ4v) is 1.89. The summed E-state index contributed by atoms with van der Waals surface area (Å²) >= 11 is 0. The molecular formula is C14H20N2O3. The third kappa shape index (κ3) is 4.44. The molecule has 5 heteroatoms. The van der Waals surface area contributed by atoms with Crippen molar-refractivity contribution in [2.45, 2.75) is 18.9 Å². The van der Waals surface area contributed by atoms with Crippen molar-refractivity contribution in [3.05, 3.63) is 30.3 Å². The molecule has 1 saturated carbocycles. The highest BCUT2D eigenvalue weighted by atomic mass is 16.5. The summed E-state index contributed by atoms with van der Waals surface area (Å²) in [5.41, 5.74) is 0. The zero-order valence-corrected chi connectivity index (χ0v) is 10.9. The molecule has 0 heterocycles. The number of aliphatic hydroxyl groups is 1. The Bertz CT molecular complexity index is 393. The van der Waals surface area contributed by atoms with Crippen molar-refractivity contribution in [2.24, 2.45) is 0 Å². The average Bonchev–Trinajstić information content (AvgIpc) is 3.26. The normalized spacial score (nSPS) is 13.9. The van der Waals surface area contributed by atoms with Crippen LogP contribution in [-0.2, 0) is 0 Å². The van der Waals surface area contributed by atoms with Crippen molar-refractivity contribution in [1.82, 2.24) is 10.2 Å². The van der Waals surface area contributed by atoms with Gasteiger partial charge in [0, 0.05) is 12.6 Å². The molecule has 2 amide bonds. The van der Waals surface area contributed by atoms with Crippen LogP contribution in [0.5, 0.6) is 5.75 Å². The number of urea groups is 1. The third-order valence-electron chi connectivity index (χ3n) is 2.98. The molecule has 19 heavy (non-hydrogen) atoms. The molecule has 1 aromatic carbocycles. The van der Waals surface area contributed by atoms with E-state index in [1.54, 1.807) is 4.90 Å². The molecule has 1 fully saturated rings. The maximum atomic E-state index is 11.9. The van der Waals surface area contributed by atoms with Crippen molar-refractivity contribution in [2.75, 3.05) is 26.3 Å². The van der Waals surface area contributed by atoms with E-state index in [-0.39, 0.29) is 12.6 Å². The van der Waals surface area contributed by atoms with E-state index in [1.165, 1.54) is 0 Å². The monoisotopic (exact) mass is 264 g/mol. The quantitative estimate of drug-likeness (QED) is 0.728. The Hall–Kier alpha value is -1.75. The van der Waals surface area contributed by atoms with Crippen molar-refractivity contribution < 1.29 is 14.6 Å². The van der Waals surface area contributed by atoms with Crippen LogP contribution in [0, 0.1) is 0 Å². The molecule has 2 N–H and O–H groups in total. The van der Waals surface area contributed by atoms with Gasteiger partial charge in [0.25, 0.3) is 0 Å². The van der Waals surface area contributed by atoms with Crippen LogP contribution in [0.15, 0.2) is 30.3 Å². The molecule has 0 aromatic heterocycles. The number of para-hydroxylation sites is 1. The molecule has 1 aliphatic carbocycles. The van der Waals surface area contributed by atoms with E-state index < -0.39 is 0 Å². The van der Waals surface area contributed by atoms with E-state index >= 15 is 0 Å². The molecule has 0 unspecified atom stereocenters. The minimum atomic E-state index is -0.117. The van der Waals surface area contributed by atoms with Crippen LogP contribution in [0.2, 0.25) is 0 Å². The van der Waals surface area contributed by atoms with Gasteiger partial charge in [0.2, 0.25) is 0 Å². The lowest BCUT2D eigenvalue weighted by Gasteiger charge is -2.21. The number of ether oxygens (including phenoxy) is 1. The molecular weight excluding hydrogens is 244 g/mol. The van der Waals surface area contributed by atoms with E-state index in [0.29, 0.717) is 25.7 Å². The van der Waals surface area contributed by atoms with Crippen LogP contribution in [0.3, 0.4) is 0 Å². The number of rotatable bonds is 7. The van der Waals surface area contributed by atoms with E-state index in [9.17, 15) is 4.79 Å². The Balaban J connectivity index is 1.65. The largest absolute Gasteiger partial charge is 0.492 e. The predicted molar refractivity (Wildman–Crippen MR) is 72.1 cm³/mol. The first-order valence-corrected chi connectivity index (χ1v) is 6.64. The Morgan fingerprint density at radius 2 is 2.11 bits per heavy atom. The molecule has 2 rings (SSSR count). The third-order valence-corrected chi connectivity index (χ3v) is 2.98. The highest BCUT2D eigenvalue weighted by Crippen LogP contribution is 2.26. The standard InChI is InChI=1S/C14H20N2O3/c17-10-9-16(12-6-7-12)14(18)15-8-11-19-13-4-2-1-3-5-13/h1-5,12,17H,6-11H2,(H,15,18). The summed E-state index contributed by atoms with van der Waals surface area (Å²) in [6, 6.07) is 9.69. The maximum absolute atomic E-state index is 11.9. The molecule has 0 bridgehead atoms. The lowest BCUT2D eigenvalue weighted by molar-refractivity contribution is 0.171. The van der Waals surface area contributed by atoms with Crippen LogP contribution in [-0.4, -0.2) is 48.4 Å². The van der Waals surface area contributed by atoms with Crippen LogP contribution in [0.25, 0.3) is 0 Å². The highest BCUT2D eigenvalue weighted by Gasteiger charge is 2.31. The van der Waals surface area contributed by atoms with Crippen molar-refractivity contribution in [1.29, 1.82) is 0 Å². The van der Waals surface area contributed by atoms with Crippen molar-refractivity contribution in [3.63, 3.8) is 0 Å². The number of benzene rings is 1. The number of carbonyl (C=O) groups excluding carboxylic acids is 1.